The van der Waals surface area contributed by atoms with Gasteiger partial charge in [-0.25, -0.2) is 4.79 Å². The molecule has 1 aromatic heterocycles. The molecule has 0 radical (unpaired) electrons. The first kappa shape index (κ1) is 13.4. The Morgan fingerprint density at radius 2 is 1.85 bits per heavy atom. The molecule has 0 amide bonds. The summed E-state index contributed by atoms with van der Waals surface area (Å²) in [5, 5.41) is 1.80. The van der Waals surface area contributed by atoms with Crippen LogP contribution >= 0.6 is 34.5 Å². The zero-order valence-corrected chi connectivity index (χ0v) is 12.4. The standard InChI is InChI=1S/C15H8Cl2O2S/c16-9-4-3-5-10(8-9)19-15(18)14-13(17)11-6-1-2-7-12(11)20-14/h1-8H. The van der Waals surface area contributed by atoms with Crippen molar-refractivity contribution >= 4 is 50.6 Å². The van der Waals surface area contributed by atoms with Crippen molar-refractivity contribution in [3.05, 3.63) is 63.5 Å². The SMILES string of the molecule is O=C(Oc1cccc(Cl)c1)c1sc2ccccc2c1Cl. The van der Waals surface area contributed by atoms with E-state index in [-0.39, 0.29) is 0 Å². The van der Waals surface area contributed by atoms with E-state index in [4.69, 9.17) is 27.9 Å². The molecular formula is C15H8Cl2O2S. The van der Waals surface area contributed by atoms with E-state index in [0.717, 1.165) is 10.1 Å². The topological polar surface area (TPSA) is 26.3 Å². The molecular weight excluding hydrogens is 315 g/mol. The third kappa shape index (κ3) is 2.52. The lowest BCUT2D eigenvalue weighted by atomic mass is 10.2. The van der Waals surface area contributed by atoms with E-state index < -0.39 is 5.97 Å². The number of esters is 1. The van der Waals surface area contributed by atoms with Gasteiger partial charge in [-0.2, -0.15) is 0 Å². The van der Waals surface area contributed by atoms with E-state index in [0.29, 0.717) is 20.7 Å². The molecule has 0 bridgehead atoms. The van der Waals surface area contributed by atoms with Crippen molar-refractivity contribution in [2.45, 2.75) is 0 Å². The van der Waals surface area contributed by atoms with Gasteiger partial charge < -0.3 is 4.74 Å². The monoisotopic (exact) mass is 322 g/mol. The number of rotatable bonds is 2. The van der Waals surface area contributed by atoms with E-state index in [2.05, 4.69) is 0 Å². The molecule has 100 valence electrons. The Morgan fingerprint density at radius 1 is 1.05 bits per heavy atom. The first-order valence-electron chi connectivity index (χ1n) is 5.80. The minimum Gasteiger partial charge on any atom is -0.422 e. The molecule has 0 spiro atoms. The number of thiophene rings is 1. The molecule has 0 atom stereocenters. The Morgan fingerprint density at radius 3 is 2.60 bits per heavy atom. The van der Waals surface area contributed by atoms with E-state index in [1.165, 1.54) is 11.3 Å². The van der Waals surface area contributed by atoms with Crippen molar-refractivity contribution in [1.82, 2.24) is 0 Å². The summed E-state index contributed by atoms with van der Waals surface area (Å²) in [5.74, 6) is -0.0745. The van der Waals surface area contributed by atoms with Crippen molar-refractivity contribution in [3.8, 4) is 5.75 Å². The smallest absolute Gasteiger partial charge is 0.355 e. The lowest BCUT2D eigenvalue weighted by Crippen LogP contribution is -2.06. The second-order valence-electron chi connectivity index (χ2n) is 4.09. The minimum absolute atomic E-state index is 0.396. The van der Waals surface area contributed by atoms with Crippen LogP contribution in [0.25, 0.3) is 10.1 Å². The maximum absolute atomic E-state index is 12.2. The summed E-state index contributed by atoms with van der Waals surface area (Å²) in [5.41, 5.74) is 0. The molecule has 2 aromatic carbocycles. The first-order chi connectivity index (χ1) is 9.65. The highest BCUT2D eigenvalue weighted by atomic mass is 35.5. The Kier molecular flexibility index (Phi) is 3.66. The molecule has 1 heterocycles. The van der Waals surface area contributed by atoms with Crippen LogP contribution in [0.4, 0.5) is 0 Å². The summed E-state index contributed by atoms with van der Waals surface area (Å²) in [6.07, 6.45) is 0. The largest absolute Gasteiger partial charge is 0.422 e. The maximum Gasteiger partial charge on any atom is 0.355 e. The summed E-state index contributed by atoms with van der Waals surface area (Å²) in [4.78, 5) is 12.6. The molecule has 0 aliphatic heterocycles. The molecule has 0 aliphatic rings. The predicted molar refractivity (Wildman–Crippen MR) is 83.2 cm³/mol. The van der Waals surface area contributed by atoms with Gasteiger partial charge >= 0.3 is 5.97 Å². The molecule has 20 heavy (non-hydrogen) atoms. The van der Waals surface area contributed by atoms with Crippen LogP contribution in [-0.2, 0) is 0 Å². The number of benzene rings is 2. The van der Waals surface area contributed by atoms with Gasteiger partial charge in [0.2, 0.25) is 0 Å². The summed E-state index contributed by atoms with van der Waals surface area (Å²) < 4.78 is 6.25. The van der Waals surface area contributed by atoms with E-state index in [1.54, 1.807) is 24.3 Å². The van der Waals surface area contributed by atoms with Crippen molar-refractivity contribution in [2.24, 2.45) is 0 Å². The third-order valence-electron chi connectivity index (χ3n) is 2.73. The second kappa shape index (κ2) is 5.44. The van der Waals surface area contributed by atoms with Gasteiger partial charge in [-0.1, -0.05) is 47.5 Å². The number of halogens is 2. The molecule has 0 saturated carbocycles. The van der Waals surface area contributed by atoms with Gasteiger partial charge in [-0.15, -0.1) is 11.3 Å². The first-order valence-corrected chi connectivity index (χ1v) is 7.37. The average Bonchev–Trinajstić information content (AvgIpc) is 2.77. The quantitative estimate of drug-likeness (QED) is 0.464. The van der Waals surface area contributed by atoms with Crippen LogP contribution in [0.3, 0.4) is 0 Å². The summed E-state index contributed by atoms with van der Waals surface area (Å²) in [6.45, 7) is 0. The van der Waals surface area contributed by atoms with Gasteiger partial charge in [0.25, 0.3) is 0 Å². The Labute approximate surface area is 129 Å². The van der Waals surface area contributed by atoms with E-state index in [9.17, 15) is 4.79 Å². The Bertz CT molecular complexity index is 795. The van der Waals surface area contributed by atoms with Gasteiger partial charge in [-0.05, 0) is 24.3 Å². The Balaban J connectivity index is 1.95. The maximum atomic E-state index is 12.2. The number of carbonyl (C=O) groups is 1. The summed E-state index contributed by atoms with van der Waals surface area (Å²) >= 11 is 13.4. The highest BCUT2D eigenvalue weighted by Crippen LogP contribution is 2.35. The molecule has 5 heteroatoms. The van der Waals surface area contributed by atoms with Crippen molar-refractivity contribution in [2.75, 3.05) is 0 Å². The summed E-state index contributed by atoms with van der Waals surface area (Å²) in [7, 11) is 0. The van der Waals surface area contributed by atoms with Crippen LogP contribution in [0.2, 0.25) is 10.0 Å². The zero-order valence-electron chi connectivity index (χ0n) is 10.1. The Hall–Kier alpha value is -1.55. The molecule has 0 fully saturated rings. The van der Waals surface area contributed by atoms with Gasteiger partial charge in [0, 0.05) is 15.1 Å². The number of hydrogen-bond donors (Lipinski definition) is 0. The van der Waals surface area contributed by atoms with Crippen molar-refractivity contribution in [3.63, 3.8) is 0 Å². The zero-order chi connectivity index (χ0) is 14.1. The average molecular weight is 323 g/mol. The fraction of sp³-hybridized carbons (Fsp3) is 0. The number of fused-ring (bicyclic) bond motifs is 1. The van der Waals surface area contributed by atoms with Gasteiger partial charge in [-0.3, -0.25) is 0 Å². The second-order valence-corrected chi connectivity index (χ2v) is 5.95. The molecule has 0 unspecified atom stereocenters. The van der Waals surface area contributed by atoms with Gasteiger partial charge in [0.05, 0.1) is 5.02 Å². The molecule has 2 nitrogen and oxygen atoms in total. The molecule has 0 N–H and O–H groups in total. The molecule has 3 rings (SSSR count). The predicted octanol–water partition coefficient (Wildman–Crippen LogP) is 5.43. The highest BCUT2D eigenvalue weighted by Gasteiger charge is 2.18. The van der Waals surface area contributed by atoms with Crippen LogP contribution in [0.1, 0.15) is 9.67 Å². The summed E-state index contributed by atoms with van der Waals surface area (Å²) in [6, 6.07) is 14.3. The number of ether oxygens (including phenoxy) is 1. The van der Waals surface area contributed by atoms with Crippen LogP contribution in [0.15, 0.2) is 48.5 Å². The van der Waals surface area contributed by atoms with Crippen molar-refractivity contribution in [1.29, 1.82) is 0 Å². The molecule has 0 aliphatic carbocycles. The minimum atomic E-state index is -0.474. The van der Waals surface area contributed by atoms with Gasteiger partial charge in [0.15, 0.2) is 0 Å². The number of carbonyl (C=O) groups excluding carboxylic acids is 1. The van der Waals surface area contributed by atoms with E-state index >= 15 is 0 Å². The van der Waals surface area contributed by atoms with Crippen LogP contribution in [0.5, 0.6) is 5.75 Å². The van der Waals surface area contributed by atoms with Crippen molar-refractivity contribution < 1.29 is 9.53 Å². The molecule has 0 saturated heterocycles. The highest BCUT2D eigenvalue weighted by molar-refractivity contribution is 7.21. The fourth-order valence-corrected chi connectivity index (χ4v) is 3.39. The van der Waals surface area contributed by atoms with Gasteiger partial charge in [0.1, 0.15) is 10.6 Å². The van der Waals surface area contributed by atoms with E-state index in [1.807, 2.05) is 24.3 Å². The normalized spacial score (nSPS) is 10.7. The third-order valence-corrected chi connectivity index (χ3v) is 4.62. The molecule has 3 aromatic rings. The van der Waals surface area contributed by atoms with Crippen LogP contribution < -0.4 is 4.74 Å². The van der Waals surface area contributed by atoms with Crippen LogP contribution in [0, 0.1) is 0 Å². The lowest BCUT2D eigenvalue weighted by Gasteiger charge is -2.03. The van der Waals surface area contributed by atoms with Crippen LogP contribution in [-0.4, -0.2) is 5.97 Å². The lowest BCUT2D eigenvalue weighted by molar-refractivity contribution is 0.0740. The fourth-order valence-electron chi connectivity index (χ4n) is 1.83. The number of hydrogen-bond acceptors (Lipinski definition) is 3.